The first kappa shape index (κ1) is 28.4. The summed E-state index contributed by atoms with van der Waals surface area (Å²) in [5.74, 6) is 0.973. The molecule has 4 aromatic rings. The second-order valence-electron chi connectivity index (χ2n) is 10.2. The quantitative estimate of drug-likeness (QED) is 0.212. The topological polar surface area (TPSA) is 98.8 Å². The molecule has 9 heteroatoms. The third-order valence-electron chi connectivity index (χ3n) is 7.67. The zero-order valence-corrected chi connectivity index (χ0v) is 24.7. The van der Waals surface area contributed by atoms with Crippen LogP contribution in [-0.4, -0.2) is 64.7 Å². The number of hydrogen-bond donors (Lipinski definition) is 1. The van der Waals surface area contributed by atoms with Crippen LogP contribution in [0.3, 0.4) is 0 Å². The summed E-state index contributed by atoms with van der Waals surface area (Å²) in [6, 6.07) is 17.9. The summed E-state index contributed by atoms with van der Waals surface area (Å²) in [5, 5.41) is 14.2. The monoisotopic (exact) mass is 564 g/mol. The van der Waals surface area contributed by atoms with Gasteiger partial charge >= 0.3 is 0 Å². The van der Waals surface area contributed by atoms with Gasteiger partial charge in [-0.2, -0.15) is 10.4 Å². The summed E-state index contributed by atoms with van der Waals surface area (Å²) in [6.45, 7) is 6.11. The molecule has 0 amide bonds. The lowest BCUT2D eigenvalue weighted by Gasteiger charge is -2.42. The average Bonchev–Trinajstić information content (AvgIpc) is 3.44. The van der Waals surface area contributed by atoms with Crippen LogP contribution >= 0.6 is 11.8 Å². The van der Waals surface area contributed by atoms with Gasteiger partial charge in [0, 0.05) is 91.2 Å². The molecule has 0 aliphatic carbocycles. The SMILES string of the molecule is CCCC1CN(c2ccc(-c3cc(C(C=NC)=CN)cn4ncc(C#N)c34)cn2)CCN1Cc1ccc(SC)cc1. The smallest absolute Gasteiger partial charge is 0.128 e. The van der Waals surface area contributed by atoms with Crippen LogP contribution in [0.5, 0.6) is 0 Å². The van der Waals surface area contributed by atoms with E-state index >= 15 is 0 Å². The van der Waals surface area contributed by atoms with E-state index in [-0.39, 0.29) is 0 Å². The maximum atomic E-state index is 9.74. The van der Waals surface area contributed by atoms with Crippen molar-refractivity contribution in [2.75, 3.05) is 37.8 Å². The van der Waals surface area contributed by atoms with Crippen molar-refractivity contribution in [3.63, 3.8) is 0 Å². The molecule has 3 aromatic heterocycles. The summed E-state index contributed by atoms with van der Waals surface area (Å²) < 4.78 is 1.73. The lowest BCUT2D eigenvalue weighted by atomic mass is 10.0. The van der Waals surface area contributed by atoms with E-state index in [0.29, 0.717) is 11.6 Å². The number of aromatic nitrogens is 3. The van der Waals surface area contributed by atoms with Crippen molar-refractivity contribution in [2.24, 2.45) is 10.7 Å². The molecule has 0 bridgehead atoms. The second-order valence-corrected chi connectivity index (χ2v) is 11.1. The lowest BCUT2D eigenvalue weighted by molar-refractivity contribution is 0.158. The van der Waals surface area contributed by atoms with Crippen LogP contribution in [0.2, 0.25) is 0 Å². The first-order chi connectivity index (χ1) is 20.1. The number of thioether (sulfide) groups is 1. The van der Waals surface area contributed by atoms with Crippen molar-refractivity contribution in [1.82, 2.24) is 19.5 Å². The maximum Gasteiger partial charge on any atom is 0.128 e. The molecule has 1 unspecified atom stereocenters. The van der Waals surface area contributed by atoms with Crippen LogP contribution < -0.4 is 10.6 Å². The molecule has 2 N–H and O–H groups in total. The van der Waals surface area contributed by atoms with E-state index in [1.165, 1.54) is 16.7 Å². The van der Waals surface area contributed by atoms with E-state index in [4.69, 9.17) is 10.7 Å². The summed E-state index contributed by atoms with van der Waals surface area (Å²) in [6.07, 6.45) is 13.0. The molecule has 1 saturated heterocycles. The van der Waals surface area contributed by atoms with Crippen molar-refractivity contribution >= 4 is 34.9 Å². The lowest BCUT2D eigenvalue weighted by Crippen LogP contribution is -2.53. The van der Waals surface area contributed by atoms with E-state index in [1.807, 2.05) is 18.5 Å². The zero-order valence-electron chi connectivity index (χ0n) is 23.9. The van der Waals surface area contributed by atoms with Crippen LogP contribution in [0, 0.1) is 11.3 Å². The molecule has 41 heavy (non-hydrogen) atoms. The van der Waals surface area contributed by atoms with Crippen molar-refractivity contribution < 1.29 is 0 Å². The van der Waals surface area contributed by atoms with Crippen molar-refractivity contribution in [3.05, 3.63) is 83.9 Å². The highest BCUT2D eigenvalue weighted by Gasteiger charge is 2.27. The third-order valence-corrected chi connectivity index (χ3v) is 8.41. The Morgan fingerprint density at radius 2 is 2.02 bits per heavy atom. The minimum absolute atomic E-state index is 0.471. The zero-order chi connectivity index (χ0) is 28.8. The predicted octanol–water partition coefficient (Wildman–Crippen LogP) is 5.48. The van der Waals surface area contributed by atoms with Gasteiger partial charge in [0.25, 0.3) is 0 Å². The average molecular weight is 565 g/mol. The van der Waals surface area contributed by atoms with Crippen LogP contribution in [0.25, 0.3) is 22.2 Å². The van der Waals surface area contributed by atoms with Crippen LogP contribution in [0.4, 0.5) is 5.82 Å². The minimum atomic E-state index is 0.471. The number of fused-ring (bicyclic) bond motifs is 1. The second kappa shape index (κ2) is 13.0. The molecule has 4 heterocycles. The number of nitrogens with two attached hydrogens (primary N) is 1. The third kappa shape index (κ3) is 6.14. The fraction of sp³-hybridized carbons (Fsp3) is 0.312. The molecular weight excluding hydrogens is 528 g/mol. The molecule has 1 atom stereocenters. The van der Waals surface area contributed by atoms with E-state index in [1.54, 1.807) is 35.7 Å². The largest absolute Gasteiger partial charge is 0.404 e. The number of anilines is 1. The van der Waals surface area contributed by atoms with Gasteiger partial charge in [0.15, 0.2) is 0 Å². The molecule has 1 aliphatic heterocycles. The van der Waals surface area contributed by atoms with Gasteiger partial charge < -0.3 is 10.6 Å². The summed E-state index contributed by atoms with van der Waals surface area (Å²) in [4.78, 5) is 15.4. The van der Waals surface area contributed by atoms with Gasteiger partial charge in [-0.15, -0.1) is 11.8 Å². The Morgan fingerprint density at radius 1 is 1.20 bits per heavy atom. The van der Waals surface area contributed by atoms with Gasteiger partial charge in [-0.25, -0.2) is 9.50 Å². The number of nitrogens with zero attached hydrogens (tertiary/aromatic N) is 7. The normalized spacial score (nSPS) is 16.5. The van der Waals surface area contributed by atoms with E-state index in [9.17, 15) is 5.26 Å². The molecule has 0 saturated carbocycles. The highest BCUT2D eigenvalue weighted by atomic mass is 32.2. The number of aliphatic imine (C=N–C) groups is 1. The van der Waals surface area contributed by atoms with E-state index in [2.05, 4.69) is 75.5 Å². The van der Waals surface area contributed by atoms with Gasteiger partial charge in [0.1, 0.15) is 11.9 Å². The molecule has 5 rings (SSSR count). The number of allylic oxidation sites excluding steroid dienone is 1. The van der Waals surface area contributed by atoms with Crippen molar-refractivity contribution in [1.29, 1.82) is 5.26 Å². The Morgan fingerprint density at radius 3 is 2.68 bits per heavy atom. The van der Waals surface area contributed by atoms with Gasteiger partial charge in [-0.1, -0.05) is 25.5 Å². The molecule has 1 aliphatic rings. The summed E-state index contributed by atoms with van der Waals surface area (Å²) in [7, 11) is 1.71. The molecule has 0 spiro atoms. The Kier molecular flexibility index (Phi) is 9.02. The molecular formula is C32H36N8S. The van der Waals surface area contributed by atoms with E-state index in [0.717, 1.165) is 72.6 Å². The van der Waals surface area contributed by atoms with Crippen molar-refractivity contribution in [2.45, 2.75) is 37.2 Å². The van der Waals surface area contributed by atoms with Gasteiger partial charge in [0.2, 0.25) is 0 Å². The van der Waals surface area contributed by atoms with Crippen LogP contribution in [-0.2, 0) is 6.54 Å². The number of rotatable bonds is 9. The summed E-state index contributed by atoms with van der Waals surface area (Å²) >= 11 is 1.78. The van der Waals surface area contributed by atoms with Gasteiger partial charge in [-0.05, 0) is 48.6 Å². The number of benzene rings is 1. The number of piperazine rings is 1. The highest BCUT2D eigenvalue weighted by Crippen LogP contribution is 2.31. The fourth-order valence-corrected chi connectivity index (χ4v) is 5.96. The molecule has 1 aromatic carbocycles. The van der Waals surface area contributed by atoms with E-state index < -0.39 is 0 Å². The maximum absolute atomic E-state index is 9.74. The number of pyridine rings is 2. The highest BCUT2D eigenvalue weighted by molar-refractivity contribution is 7.98. The molecule has 8 nitrogen and oxygen atoms in total. The Labute approximate surface area is 246 Å². The van der Waals surface area contributed by atoms with Crippen molar-refractivity contribution in [3.8, 4) is 17.2 Å². The number of nitriles is 1. The Balaban J connectivity index is 1.39. The predicted molar refractivity (Wildman–Crippen MR) is 169 cm³/mol. The minimum Gasteiger partial charge on any atom is -0.404 e. The fourth-order valence-electron chi connectivity index (χ4n) is 5.55. The Hall–Kier alpha value is -4.13. The molecule has 210 valence electrons. The van der Waals surface area contributed by atoms with Gasteiger partial charge in [-0.3, -0.25) is 9.89 Å². The Bertz CT molecular complexity index is 1580. The molecule has 1 fully saturated rings. The van der Waals surface area contributed by atoms with Crippen LogP contribution in [0.15, 0.2) is 77.1 Å². The number of hydrogen-bond acceptors (Lipinski definition) is 8. The first-order valence-corrected chi connectivity index (χ1v) is 15.1. The first-order valence-electron chi connectivity index (χ1n) is 13.9. The summed E-state index contributed by atoms with van der Waals surface area (Å²) in [5.41, 5.74) is 11.9. The standard InChI is InChI=1S/C32H36N8S/c1-4-5-28-22-39(13-12-38(28)20-23-6-9-29(41-3)10-7-23)31-11-8-24(18-36-31)30-14-25(26(15-33)17-35-2)21-40-32(30)27(16-34)19-37-40/h6-11,14-15,17-19,21,28H,4-5,12-13,20,22,33H2,1-3H3. The van der Waals surface area contributed by atoms with Gasteiger partial charge in [0.05, 0.1) is 17.3 Å². The van der Waals surface area contributed by atoms with Crippen LogP contribution in [0.1, 0.15) is 36.5 Å². The molecule has 0 radical (unpaired) electrons.